The Balaban J connectivity index is 1.61. The molecular formula is C22H28N6O. The van der Waals surface area contributed by atoms with Crippen molar-refractivity contribution < 1.29 is 4.79 Å². The number of aromatic nitrogens is 3. The van der Waals surface area contributed by atoms with Crippen LogP contribution in [0.25, 0.3) is 5.52 Å². The van der Waals surface area contributed by atoms with Crippen LogP contribution in [-0.2, 0) is 6.54 Å². The molecule has 0 aromatic carbocycles. The Kier molecular flexibility index (Phi) is 5.87. The highest BCUT2D eigenvalue weighted by Crippen LogP contribution is 2.33. The monoisotopic (exact) mass is 392 g/mol. The van der Waals surface area contributed by atoms with Gasteiger partial charge in [0.05, 0.1) is 17.3 Å². The SMILES string of the molecule is CN(C)CCNC(=O)c1nc([C@H]2CCCN2Cc2ccccn2)n2ccccc12. The van der Waals surface area contributed by atoms with Gasteiger partial charge in [-0.05, 0) is 57.7 Å². The Morgan fingerprint density at radius 2 is 2.10 bits per heavy atom. The summed E-state index contributed by atoms with van der Waals surface area (Å²) in [5, 5.41) is 3.00. The number of imidazole rings is 1. The Bertz CT molecular complexity index is 968. The lowest BCUT2D eigenvalue weighted by atomic mass is 10.2. The van der Waals surface area contributed by atoms with E-state index in [1.165, 1.54) is 0 Å². The maximum Gasteiger partial charge on any atom is 0.272 e. The zero-order chi connectivity index (χ0) is 20.2. The number of amides is 1. The van der Waals surface area contributed by atoms with Crippen molar-refractivity contribution in [3.8, 4) is 0 Å². The molecule has 1 aliphatic rings. The summed E-state index contributed by atoms with van der Waals surface area (Å²) in [6.07, 6.45) is 5.99. The number of carbonyl (C=O) groups is 1. The van der Waals surface area contributed by atoms with Gasteiger partial charge in [-0.15, -0.1) is 0 Å². The summed E-state index contributed by atoms with van der Waals surface area (Å²) in [6.45, 7) is 3.19. The predicted molar refractivity (Wildman–Crippen MR) is 113 cm³/mol. The average molecular weight is 393 g/mol. The molecule has 7 heteroatoms. The lowest BCUT2D eigenvalue weighted by Gasteiger charge is -2.23. The molecule has 0 radical (unpaired) electrons. The average Bonchev–Trinajstić information content (AvgIpc) is 3.32. The molecule has 1 amide bonds. The van der Waals surface area contributed by atoms with Crippen molar-refractivity contribution in [1.82, 2.24) is 29.5 Å². The van der Waals surface area contributed by atoms with Gasteiger partial charge in [0.2, 0.25) is 0 Å². The fourth-order valence-corrected chi connectivity index (χ4v) is 3.95. The van der Waals surface area contributed by atoms with Crippen molar-refractivity contribution in [2.45, 2.75) is 25.4 Å². The first-order chi connectivity index (χ1) is 14.1. The zero-order valence-corrected chi connectivity index (χ0v) is 17.1. The third kappa shape index (κ3) is 4.31. The Hall–Kier alpha value is -2.77. The highest BCUT2D eigenvalue weighted by atomic mass is 16.1. The van der Waals surface area contributed by atoms with E-state index in [-0.39, 0.29) is 11.9 Å². The van der Waals surface area contributed by atoms with Crippen LogP contribution < -0.4 is 5.32 Å². The molecule has 29 heavy (non-hydrogen) atoms. The minimum atomic E-state index is -0.115. The van der Waals surface area contributed by atoms with E-state index in [9.17, 15) is 4.79 Å². The molecule has 152 valence electrons. The molecule has 7 nitrogen and oxygen atoms in total. The number of likely N-dealkylation sites (tertiary alicyclic amines) is 1. The summed E-state index contributed by atoms with van der Waals surface area (Å²) in [5.74, 6) is 0.822. The number of rotatable bonds is 7. The number of carbonyl (C=O) groups excluding carboxylic acids is 1. The second-order valence-corrected chi connectivity index (χ2v) is 7.78. The van der Waals surface area contributed by atoms with E-state index in [1.807, 2.05) is 61.7 Å². The number of nitrogens with zero attached hydrogens (tertiary/aromatic N) is 5. The van der Waals surface area contributed by atoms with Gasteiger partial charge in [-0.2, -0.15) is 0 Å². The van der Waals surface area contributed by atoms with Gasteiger partial charge in [0, 0.05) is 32.0 Å². The van der Waals surface area contributed by atoms with E-state index in [1.54, 1.807) is 0 Å². The van der Waals surface area contributed by atoms with Crippen LogP contribution in [0.1, 0.15) is 40.9 Å². The van der Waals surface area contributed by atoms with Crippen molar-refractivity contribution in [3.05, 3.63) is 66.0 Å². The van der Waals surface area contributed by atoms with Crippen molar-refractivity contribution in [2.24, 2.45) is 0 Å². The molecule has 3 aromatic heterocycles. The molecule has 1 fully saturated rings. The van der Waals surface area contributed by atoms with E-state index >= 15 is 0 Å². The van der Waals surface area contributed by atoms with Crippen LogP contribution in [-0.4, -0.2) is 63.8 Å². The van der Waals surface area contributed by atoms with E-state index in [4.69, 9.17) is 4.98 Å². The van der Waals surface area contributed by atoms with Gasteiger partial charge < -0.3 is 14.6 Å². The Morgan fingerprint density at radius 3 is 2.90 bits per heavy atom. The van der Waals surface area contributed by atoms with Crippen molar-refractivity contribution in [2.75, 3.05) is 33.7 Å². The van der Waals surface area contributed by atoms with Crippen molar-refractivity contribution in [1.29, 1.82) is 0 Å². The number of nitrogens with one attached hydrogen (secondary N) is 1. The van der Waals surface area contributed by atoms with E-state index in [0.29, 0.717) is 12.2 Å². The van der Waals surface area contributed by atoms with Crippen LogP contribution in [0.5, 0.6) is 0 Å². The van der Waals surface area contributed by atoms with Crippen LogP contribution in [0.3, 0.4) is 0 Å². The summed E-state index contributed by atoms with van der Waals surface area (Å²) in [7, 11) is 3.99. The molecule has 4 heterocycles. The van der Waals surface area contributed by atoms with Crippen LogP contribution >= 0.6 is 0 Å². The minimum Gasteiger partial charge on any atom is -0.349 e. The predicted octanol–water partition coefficient (Wildman–Crippen LogP) is 2.36. The van der Waals surface area contributed by atoms with Crippen molar-refractivity contribution in [3.63, 3.8) is 0 Å². The van der Waals surface area contributed by atoms with E-state index in [0.717, 1.165) is 49.5 Å². The third-order valence-electron chi connectivity index (χ3n) is 5.39. The maximum atomic E-state index is 12.8. The first-order valence-corrected chi connectivity index (χ1v) is 10.2. The maximum absolute atomic E-state index is 12.8. The minimum absolute atomic E-state index is 0.115. The molecular weight excluding hydrogens is 364 g/mol. The molecule has 3 aromatic rings. The van der Waals surface area contributed by atoms with Gasteiger partial charge in [0.25, 0.3) is 5.91 Å². The van der Waals surface area contributed by atoms with E-state index in [2.05, 4.69) is 25.7 Å². The molecule has 4 rings (SSSR count). The number of likely N-dealkylation sites (N-methyl/N-ethyl adjacent to an activating group) is 1. The van der Waals surface area contributed by atoms with Crippen LogP contribution in [0, 0.1) is 0 Å². The smallest absolute Gasteiger partial charge is 0.272 e. The normalized spacial score (nSPS) is 17.3. The van der Waals surface area contributed by atoms with Crippen molar-refractivity contribution >= 4 is 11.4 Å². The molecule has 1 atom stereocenters. The highest BCUT2D eigenvalue weighted by molar-refractivity contribution is 5.99. The zero-order valence-electron chi connectivity index (χ0n) is 17.1. The first-order valence-electron chi connectivity index (χ1n) is 10.2. The second kappa shape index (κ2) is 8.71. The van der Waals surface area contributed by atoms with Gasteiger partial charge in [0.15, 0.2) is 5.69 Å². The molecule has 0 aliphatic carbocycles. The topological polar surface area (TPSA) is 65.8 Å². The lowest BCUT2D eigenvalue weighted by molar-refractivity contribution is 0.0948. The molecule has 1 aliphatic heterocycles. The molecule has 0 unspecified atom stereocenters. The van der Waals surface area contributed by atoms with Gasteiger partial charge in [0.1, 0.15) is 5.82 Å². The van der Waals surface area contributed by atoms with Gasteiger partial charge in [-0.1, -0.05) is 12.1 Å². The van der Waals surface area contributed by atoms with Crippen LogP contribution in [0.15, 0.2) is 48.8 Å². The largest absolute Gasteiger partial charge is 0.349 e. The number of hydrogen-bond acceptors (Lipinski definition) is 5. The van der Waals surface area contributed by atoms with Gasteiger partial charge in [-0.25, -0.2) is 4.98 Å². The molecule has 1 N–H and O–H groups in total. The molecule has 1 saturated heterocycles. The summed E-state index contributed by atoms with van der Waals surface area (Å²) in [4.78, 5) is 26.6. The summed E-state index contributed by atoms with van der Waals surface area (Å²) in [5.41, 5.74) is 2.42. The highest BCUT2D eigenvalue weighted by Gasteiger charge is 2.31. The van der Waals surface area contributed by atoms with Crippen LogP contribution in [0.4, 0.5) is 0 Å². The third-order valence-corrected chi connectivity index (χ3v) is 5.39. The van der Waals surface area contributed by atoms with E-state index < -0.39 is 0 Å². The molecule has 0 bridgehead atoms. The number of hydrogen-bond donors (Lipinski definition) is 1. The van der Waals surface area contributed by atoms with Gasteiger partial charge >= 0.3 is 0 Å². The summed E-state index contributed by atoms with van der Waals surface area (Å²) in [6, 6.07) is 12.1. The molecule has 0 saturated carbocycles. The summed E-state index contributed by atoms with van der Waals surface area (Å²) < 4.78 is 2.07. The fourth-order valence-electron chi connectivity index (χ4n) is 3.95. The fraction of sp³-hybridized carbons (Fsp3) is 0.409. The van der Waals surface area contributed by atoms with Crippen LogP contribution in [0.2, 0.25) is 0 Å². The first kappa shape index (κ1) is 19.5. The number of pyridine rings is 2. The quantitative estimate of drug-likeness (QED) is 0.669. The Morgan fingerprint density at radius 1 is 1.24 bits per heavy atom. The second-order valence-electron chi connectivity index (χ2n) is 7.78. The number of fused-ring (bicyclic) bond motifs is 1. The Labute approximate surface area is 171 Å². The van der Waals surface area contributed by atoms with Gasteiger partial charge in [-0.3, -0.25) is 14.7 Å². The summed E-state index contributed by atoms with van der Waals surface area (Å²) >= 11 is 0. The molecule has 0 spiro atoms. The standard InChI is InChI=1S/C22H28N6O/c1-26(2)15-12-24-22(29)20-18-9-4-6-14-28(18)21(25-20)19-10-7-13-27(19)16-17-8-3-5-11-23-17/h3-6,8-9,11,14,19H,7,10,12-13,15-16H2,1-2H3,(H,24,29)/t19-/m1/s1. The lowest BCUT2D eigenvalue weighted by Crippen LogP contribution is -2.31.